The van der Waals surface area contributed by atoms with Crippen LogP contribution in [0.15, 0.2) is 17.3 Å². The predicted octanol–water partition coefficient (Wildman–Crippen LogP) is 4.04. The van der Waals surface area contributed by atoms with Gasteiger partial charge in [-0.25, -0.2) is 4.99 Å². The Kier molecular flexibility index (Phi) is 8.19. The topological polar surface area (TPSA) is 63.5 Å². The largest absolute Gasteiger partial charge is 0.382 e. The van der Waals surface area contributed by atoms with Gasteiger partial charge in [-0.2, -0.15) is 5.10 Å². The lowest BCUT2D eigenvalue weighted by Crippen LogP contribution is -2.43. The van der Waals surface area contributed by atoms with Crippen molar-refractivity contribution in [3.05, 3.63) is 18.0 Å². The summed E-state index contributed by atoms with van der Waals surface area (Å²) >= 11 is 0. The van der Waals surface area contributed by atoms with Crippen molar-refractivity contribution < 1.29 is 4.74 Å². The van der Waals surface area contributed by atoms with Crippen LogP contribution in [0.25, 0.3) is 0 Å². The maximum absolute atomic E-state index is 5.64. The minimum Gasteiger partial charge on any atom is -0.382 e. The molecule has 0 spiro atoms. The van der Waals surface area contributed by atoms with E-state index < -0.39 is 0 Å². The Morgan fingerprint density at radius 1 is 1.21 bits per heavy atom. The number of aliphatic imine (C=N–C) groups is 1. The van der Waals surface area contributed by atoms with Crippen molar-refractivity contribution in [3.8, 4) is 0 Å². The van der Waals surface area contributed by atoms with E-state index in [0.29, 0.717) is 18.0 Å². The Morgan fingerprint density at radius 3 is 2.71 bits per heavy atom. The van der Waals surface area contributed by atoms with Crippen molar-refractivity contribution in [2.75, 3.05) is 26.3 Å². The lowest BCUT2D eigenvalue weighted by atomic mass is 9.83. The molecule has 0 aliphatic heterocycles. The quantitative estimate of drug-likeness (QED) is 0.360. The van der Waals surface area contributed by atoms with E-state index in [9.17, 15) is 0 Å². The standard InChI is InChI=1S/C22H39N5O/c1-3-23-21(25-18-22(12-7-8-13-22)14-16-28-4-2)24-17-19-11-15-27(26-19)20-9-5-6-10-20/h11,15,20H,3-10,12-14,16-18H2,1-2H3,(H2,23,24,25). The van der Waals surface area contributed by atoms with E-state index in [4.69, 9.17) is 14.8 Å². The van der Waals surface area contributed by atoms with E-state index in [-0.39, 0.29) is 0 Å². The Balaban J connectivity index is 1.54. The van der Waals surface area contributed by atoms with Gasteiger partial charge in [-0.05, 0) is 57.4 Å². The number of hydrogen-bond acceptors (Lipinski definition) is 3. The molecule has 2 N–H and O–H groups in total. The molecule has 2 saturated carbocycles. The van der Waals surface area contributed by atoms with Gasteiger partial charge in [-0.15, -0.1) is 0 Å². The second-order valence-electron chi connectivity index (χ2n) is 8.43. The van der Waals surface area contributed by atoms with E-state index in [1.165, 1.54) is 51.4 Å². The summed E-state index contributed by atoms with van der Waals surface area (Å²) in [7, 11) is 0. The van der Waals surface area contributed by atoms with Crippen molar-refractivity contribution in [2.24, 2.45) is 10.4 Å². The van der Waals surface area contributed by atoms with E-state index in [2.05, 4.69) is 41.4 Å². The molecule has 1 aromatic rings. The first kappa shape index (κ1) is 21.2. The molecule has 0 aromatic carbocycles. The van der Waals surface area contributed by atoms with Gasteiger partial charge in [-0.1, -0.05) is 25.7 Å². The summed E-state index contributed by atoms with van der Waals surface area (Å²) in [5, 5.41) is 11.8. The minimum atomic E-state index is 0.357. The third-order valence-corrected chi connectivity index (χ3v) is 6.38. The summed E-state index contributed by atoms with van der Waals surface area (Å²) in [4.78, 5) is 4.80. The Hall–Kier alpha value is -1.56. The average molecular weight is 390 g/mol. The molecule has 2 fully saturated rings. The van der Waals surface area contributed by atoms with E-state index in [0.717, 1.165) is 44.4 Å². The molecule has 1 aromatic heterocycles. The highest BCUT2D eigenvalue weighted by molar-refractivity contribution is 5.79. The van der Waals surface area contributed by atoms with Gasteiger partial charge in [0, 0.05) is 32.5 Å². The smallest absolute Gasteiger partial charge is 0.191 e. The van der Waals surface area contributed by atoms with Crippen molar-refractivity contribution in [2.45, 2.75) is 84.2 Å². The molecule has 158 valence electrons. The van der Waals surface area contributed by atoms with Gasteiger partial charge in [0.05, 0.1) is 18.3 Å². The summed E-state index contributed by atoms with van der Waals surface area (Å²) in [5.41, 5.74) is 1.41. The molecule has 6 nitrogen and oxygen atoms in total. The van der Waals surface area contributed by atoms with Gasteiger partial charge >= 0.3 is 0 Å². The summed E-state index contributed by atoms with van der Waals surface area (Å²) in [6.07, 6.45) is 13.7. The fraction of sp³-hybridized carbons (Fsp3) is 0.818. The second-order valence-corrected chi connectivity index (χ2v) is 8.43. The van der Waals surface area contributed by atoms with E-state index in [1.807, 2.05) is 0 Å². The van der Waals surface area contributed by atoms with Crippen LogP contribution in [0.2, 0.25) is 0 Å². The molecule has 6 heteroatoms. The highest BCUT2D eigenvalue weighted by atomic mass is 16.5. The highest BCUT2D eigenvalue weighted by Gasteiger charge is 2.33. The first-order valence-corrected chi connectivity index (χ1v) is 11.4. The molecule has 2 aliphatic carbocycles. The molecule has 0 radical (unpaired) electrons. The maximum atomic E-state index is 5.64. The van der Waals surface area contributed by atoms with Crippen molar-refractivity contribution in [3.63, 3.8) is 0 Å². The predicted molar refractivity (Wildman–Crippen MR) is 115 cm³/mol. The normalized spacial score (nSPS) is 20.0. The summed E-state index contributed by atoms with van der Waals surface area (Å²) in [5.74, 6) is 0.903. The monoisotopic (exact) mass is 389 g/mol. The molecule has 0 amide bonds. The number of nitrogens with zero attached hydrogens (tertiary/aromatic N) is 3. The van der Waals surface area contributed by atoms with Crippen LogP contribution in [0.1, 0.15) is 83.4 Å². The van der Waals surface area contributed by atoms with Crippen LogP contribution < -0.4 is 10.6 Å². The lowest BCUT2D eigenvalue weighted by molar-refractivity contribution is 0.105. The second kappa shape index (κ2) is 10.8. The van der Waals surface area contributed by atoms with Crippen LogP contribution in [0, 0.1) is 5.41 Å². The highest BCUT2D eigenvalue weighted by Crippen LogP contribution is 2.40. The zero-order valence-electron chi connectivity index (χ0n) is 17.9. The number of rotatable bonds is 10. The summed E-state index contributed by atoms with van der Waals surface area (Å²) in [6.45, 7) is 8.33. The van der Waals surface area contributed by atoms with E-state index >= 15 is 0 Å². The molecule has 28 heavy (non-hydrogen) atoms. The third kappa shape index (κ3) is 5.97. The van der Waals surface area contributed by atoms with Gasteiger partial charge in [0.2, 0.25) is 0 Å². The van der Waals surface area contributed by atoms with E-state index in [1.54, 1.807) is 0 Å². The fourth-order valence-corrected chi connectivity index (χ4v) is 4.68. The van der Waals surface area contributed by atoms with Gasteiger partial charge in [0.15, 0.2) is 5.96 Å². The van der Waals surface area contributed by atoms with Gasteiger partial charge in [-0.3, -0.25) is 4.68 Å². The molecular weight excluding hydrogens is 350 g/mol. The van der Waals surface area contributed by atoms with Gasteiger partial charge in [0.1, 0.15) is 0 Å². The first-order chi connectivity index (χ1) is 13.7. The molecular formula is C22H39N5O. The number of ether oxygens (including phenoxy) is 1. The van der Waals surface area contributed by atoms with Crippen LogP contribution in [-0.2, 0) is 11.3 Å². The fourth-order valence-electron chi connectivity index (χ4n) is 4.68. The minimum absolute atomic E-state index is 0.357. The van der Waals surface area contributed by atoms with Crippen LogP contribution >= 0.6 is 0 Å². The average Bonchev–Trinajstić information content (AvgIpc) is 3.46. The Morgan fingerprint density at radius 2 is 2.00 bits per heavy atom. The van der Waals surface area contributed by atoms with Gasteiger partial charge in [0.25, 0.3) is 0 Å². The number of aromatic nitrogens is 2. The Bertz CT molecular complexity index is 600. The molecule has 2 aliphatic rings. The van der Waals surface area contributed by atoms with Gasteiger partial charge < -0.3 is 15.4 Å². The molecule has 1 heterocycles. The molecule has 0 unspecified atom stereocenters. The number of guanidine groups is 1. The first-order valence-electron chi connectivity index (χ1n) is 11.4. The lowest BCUT2D eigenvalue weighted by Gasteiger charge is -2.30. The third-order valence-electron chi connectivity index (χ3n) is 6.38. The molecule has 0 atom stereocenters. The van der Waals surface area contributed by atoms with Crippen LogP contribution in [0.4, 0.5) is 0 Å². The zero-order valence-corrected chi connectivity index (χ0v) is 17.9. The van der Waals surface area contributed by atoms with Crippen LogP contribution in [0.3, 0.4) is 0 Å². The summed E-state index contributed by atoms with van der Waals surface area (Å²) in [6, 6.07) is 2.71. The van der Waals surface area contributed by atoms with Crippen LogP contribution in [0.5, 0.6) is 0 Å². The number of nitrogens with one attached hydrogen (secondary N) is 2. The van der Waals surface area contributed by atoms with Crippen LogP contribution in [-0.4, -0.2) is 42.0 Å². The summed E-state index contributed by atoms with van der Waals surface area (Å²) < 4.78 is 7.79. The SMILES string of the molecule is CCNC(=NCc1ccn(C2CCCC2)n1)NCC1(CCOCC)CCCC1. The molecule has 0 saturated heterocycles. The molecule has 3 rings (SSSR count). The zero-order chi connectivity index (χ0) is 19.7. The maximum Gasteiger partial charge on any atom is 0.191 e. The van der Waals surface area contributed by atoms with Crippen molar-refractivity contribution in [1.82, 2.24) is 20.4 Å². The van der Waals surface area contributed by atoms with Crippen molar-refractivity contribution >= 4 is 5.96 Å². The van der Waals surface area contributed by atoms with Crippen molar-refractivity contribution in [1.29, 1.82) is 0 Å². The Labute approximate surface area is 170 Å². The number of hydrogen-bond donors (Lipinski definition) is 2. The molecule has 0 bridgehead atoms.